The first-order valence-corrected chi connectivity index (χ1v) is 8.45. The smallest absolute Gasteiger partial charge is 0.000782 e. The molecule has 1 heteroatoms. The van der Waals surface area contributed by atoms with Crippen molar-refractivity contribution in [1.82, 2.24) is 5.32 Å². The zero-order chi connectivity index (χ0) is 14.9. The fourth-order valence-corrected chi connectivity index (χ4v) is 2.60. The van der Waals surface area contributed by atoms with Crippen LogP contribution in [0.1, 0.15) is 87.0 Å². The predicted molar refractivity (Wildman–Crippen MR) is 88.6 cm³/mol. The minimum absolute atomic E-state index is 0.463. The van der Waals surface area contributed by atoms with Gasteiger partial charge in [0, 0.05) is 6.54 Å². The second kappa shape index (κ2) is 9.00. The highest BCUT2D eigenvalue weighted by molar-refractivity contribution is 4.82. The molecular weight excluding hydrogens is 230 g/mol. The number of hydrogen-bond acceptors (Lipinski definition) is 1. The number of unbranched alkanes of at least 4 members (excludes halogenated alkanes) is 1. The Morgan fingerprint density at radius 2 is 1.58 bits per heavy atom. The van der Waals surface area contributed by atoms with Gasteiger partial charge in [-0.1, -0.05) is 61.3 Å². The maximum absolute atomic E-state index is 3.72. The topological polar surface area (TPSA) is 12.0 Å². The van der Waals surface area contributed by atoms with Crippen LogP contribution in [0.25, 0.3) is 0 Å². The average Bonchev–Trinajstić information content (AvgIpc) is 2.31. The van der Waals surface area contributed by atoms with Gasteiger partial charge in [0.15, 0.2) is 0 Å². The van der Waals surface area contributed by atoms with E-state index in [9.17, 15) is 0 Å². The van der Waals surface area contributed by atoms with Crippen LogP contribution in [0.2, 0.25) is 0 Å². The van der Waals surface area contributed by atoms with Gasteiger partial charge < -0.3 is 5.32 Å². The summed E-state index contributed by atoms with van der Waals surface area (Å²) in [6.45, 7) is 18.8. The molecule has 116 valence electrons. The molecule has 0 aromatic carbocycles. The molecule has 0 bridgehead atoms. The molecule has 0 amide bonds. The maximum Gasteiger partial charge on any atom is 0.000782 e. The maximum atomic E-state index is 3.72. The van der Waals surface area contributed by atoms with Crippen LogP contribution in [0.3, 0.4) is 0 Å². The van der Waals surface area contributed by atoms with E-state index < -0.39 is 0 Å². The van der Waals surface area contributed by atoms with E-state index in [2.05, 4.69) is 53.8 Å². The van der Waals surface area contributed by atoms with Crippen molar-refractivity contribution in [2.24, 2.45) is 16.7 Å². The largest absolute Gasteiger partial charge is 0.316 e. The molecular formula is C18H39N. The van der Waals surface area contributed by atoms with Crippen molar-refractivity contribution in [3.63, 3.8) is 0 Å². The molecule has 0 rings (SSSR count). The van der Waals surface area contributed by atoms with E-state index in [0.717, 1.165) is 12.5 Å². The monoisotopic (exact) mass is 269 g/mol. The molecule has 0 radical (unpaired) electrons. The van der Waals surface area contributed by atoms with Gasteiger partial charge in [-0.05, 0) is 49.0 Å². The molecule has 0 saturated carbocycles. The van der Waals surface area contributed by atoms with Gasteiger partial charge in [-0.2, -0.15) is 0 Å². The van der Waals surface area contributed by atoms with Gasteiger partial charge in [-0.15, -0.1) is 0 Å². The first kappa shape index (κ1) is 19.0. The second-order valence-corrected chi connectivity index (χ2v) is 8.04. The molecule has 1 atom stereocenters. The summed E-state index contributed by atoms with van der Waals surface area (Å²) in [5.74, 6) is 0.753. The lowest BCUT2D eigenvalue weighted by atomic mass is 9.72. The summed E-state index contributed by atoms with van der Waals surface area (Å²) < 4.78 is 0. The lowest BCUT2D eigenvalue weighted by molar-refractivity contribution is 0.175. The van der Waals surface area contributed by atoms with Gasteiger partial charge in [-0.3, -0.25) is 0 Å². The molecule has 0 heterocycles. The Bertz CT molecular complexity index is 214. The summed E-state index contributed by atoms with van der Waals surface area (Å²) in [7, 11) is 0. The van der Waals surface area contributed by atoms with Gasteiger partial charge in [0.25, 0.3) is 0 Å². The van der Waals surface area contributed by atoms with Crippen molar-refractivity contribution in [3.8, 4) is 0 Å². The molecule has 0 aliphatic carbocycles. The Balaban J connectivity index is 4.48. The number of hydrogen-bond donors (Lipinski definition) is 1. The molecule has 0 aromatic rings. The van der Waals surface area contributed by atoms with Crippen molar-refractivity contribution in [1.29, 1.82) is 0 Å². The molecule has 0 aliphatic rings. The Labute approximate surface area is 122 Å². The SMILES string of the molecule is CCCCC(CC)(CCC(C)(C)C)CNCC(C)C. The quantitative estimate of drug-likeness (QED) is 0.541. The molecule has 1 nitrogen and oxygen atoms in total. The van der Waals surface area contributed by atoms with Crippen molar-refractivity contribution in [3.05, 3.63) is 0 Å². The normalized spacial score (nSPS) is 15.8. The Hall–Kier alpha value is -0.0400. The van der Waals surface area contributed by atoms with E-state index >= 15 is 0 Å². The third kappa shape index (κ3) is 9.49. The van der Waals surface area contributed by atoms with Crippen LogP contribution in [0.15, 0.2) is 0 Å². The Morgan fingerprint density at radius 3 is 2.00 bits per heavy atom. The summed E-state index contributed by atoms with van der Waals surface area (Å²) in [6.07, 6.45) is 8.12. The summed E-state index contributed by atoms with van der Waals surface area (Å²) in [5.41, 5.74) is 0.989. The van der Waals surface area contributed by atoms with Crippen LogP contribution >= 0.6 is 0 Å². The predicted octanol–water partition coefficient (Wildman–Crippen LogP) is 5.64. The van der Waals surface area contributed by atoms with Gasteiger partial charge >= 0.3 is 0 Å². The lowest BCUT2D eigenvalue weighted by Crippen LogP contribution is -2.36. The molecule has 0 saturated heterocycles. The van der Waals surface area contributed by atoms with Crippen molar-refractivity contribution < 1.29 is 0 Å². The molecule has 1 unspecified atom stereocenters. The van der Waals surface area contributed by atoms with E-state index in [1.165, 1.54) is 45.1 Å². The Morgan fingerprint density at radius 1 is 0.947 bits per heavy atom. The zero-order valence-electron chi connectivity index (χ0n) is 14.7. The zero-order valence-corrected chi connectivity index (χ0v) is 14.7. The average molecular weight is 270 g/mol. The summed E-state index contributed by atoms with van der Waals surface area (Å²) in [6, 6.07) is 0. The van der Waals surface area contributed by atoms with Crippen molar-refractivity contribution in [2.45, 2.75) is 87.0 Å². The standard InChI is InChI=1S/C18H39N/c1-8-10-11-18(9-2,13-12-17(5,6)7)15-19-14-16(3)4/h16,19H,8-15H2,1-7H3. The molecule has 0 aromatic heterocycles. The van der Waals surface area contributed by atoms with Gasteiger partial charge in [0.2, 0.25) is 0 Å². The second-order valence-electron chi connectivity index (χ2n) is 8.04. The molecule has 19 heavy (non-hydrogen) atoms. The Kier molecular flexibility index (Phi) is 8.98. The number of nitrogens with one attached hydrogen (secondary N) is 1. The van der Waals surface area contributed by atoms with E-state index in [-0.39, 0.29) is 0 Å². The van der Waals surface area contributed by atoms with E-state index in [1.54, 1.807) is 0 Å². The van der Waals surface area contributed by atoms with Crippen LogP contribution in [-0.2, 0) is 0 Å². The van der Waals surface area contributed by atoms with Crippen molar-refractivity contribution >= 4 is 0 Å². The van der Waals surface area contributed by atoms with Crippen LogP contribution in [0, 0.1) is 16.7 Å². The first-order valence-electron chi connectivity index (χ1n) is 8.45. The molecule has 1 N–H and O–H groups in total. The van der Waals surface area contributed by atoms with Crippen LogP contribution in [0.4, 0.5) is 0 Å². The highest BCUT2D eigenvalue weighted by Gasteiger charge is 2.28. The minimum atomic E-state index is 0.463. The van der Waals surface area contributed by atoms with Gasteiger partial charge in [0.1, 0.15) is 0 Å². The van der Waals surface area contributed by atoms with E-state index in [1.807, 2.05) is 0 Å². The molecule has 0 spiro atoms. The third-order valence-electron chi connectivity index (χ3n) is 4.27. The van der Waals surface area contributed by atoms with Crippen LogP contribution in [-0.4, -0.2) is 13.1 Å². The summed E-state index contributed by atoms with van der Waals surface area (Å²) in [5, 5.41) is 3.72. The molecule has 0 fully saturated rings. The van der Waals surface area contributed by atoms with Gasteiger partial charge in [-0.25, -0.2) is 0 Å². The van der Waals surface area contributed by atoms with Crippen molar-refractivity contribution in [2.75, 3.05) is 13.1 Å². The molecule has 0 aliphatic heterocycles. The van der Waals surface area contributed by atoms with Crippen LogP contribution < -0.4 is 5.32 Å². The third-order valence-corrected chi connectivity index (χ3v) is 4.27. The van der Waals surface area contributed by atoms with Crippen LogP contribution in [0.5, 0.6) is 0 Å². The number of rotatable bonds is 10. The fourth-order valence-electron chi connectivity index (χ4n) is 2.60. The lowest BCUT2D eigenvalue weighted by Gasteiger charge is -2.36. The highest BCUT2D eigenvalue weighted by atomic mass is 14.9. The summed E-state index contributed by atoms with van der Waals surface area (Å²) >= 11 is 0. The highest BCUT2D eigenvalue weighted by Crippen LogP contribution is 2.37. The minimum Gasteiger partial charge on any atom is -0.316 e. The summed E-state index contributed by atoms with van der Waals surface area (Å²) in [4.78, 5) is 0. The fraction of sp³-hybridized carbons (Fsp3) is 1.00. The van der Waals surface area contributed by atoms with Gasteiger partial charge in [0.05, 0.1) is 0 Å². The van der Waals surface area contributed by atoms with E-state index in [4.69, 9.17) is 0 Å². The van der Waals surface area contributed by atoms with E-state index in [0.29, 0.717) is 10.8 Å². The first-order chi connectivity index (χ1) is 8.74.